The van der Waals surface area contributed by atoms with E-state index < -0.39 is 0 Å². The quantitative estimate of drug-likeness (QED) is 0.532. The Morgan fingerprint density at radius 3 is 2.62 bits per heavy atom. The number of methoxy groups -OCH3 is 1. The zero-order valence-corrected chi connectivity index (χ0v) is 20.8. The fraction of sp³-hybridized carbons (Fsp3) is 0.750. The number of carbonyl (C=O) groups excluding carboxylic acids is 2. The van der Waals surface area contributed by atoms with Crippen molar-refractivity contribution in [1.29, 1.82) is 0 Å². The number of aromatic nitrogens is 2. The Bertz CT molecular complexity index is 775. The first-order valence-corrected chi connectivity index (χ1v) is 11.7. The van der Waals surface area contributed by atoms with Crippen LogP contribution < -0.4 is 10.6 Å². The monoisotopic (exact) mass is 447 g/mol. The molecule has 0 radical (unpaired) electrons. The van der Waals surface area contributed by atoms with Crippen molar-refractivity contribution in [1.82, 2.24) is 20.2 Å². The highest BCUT2D eigenvalue weighted by Crippen LogP contribution is 2.25. The van der Waals surface area contributed by atoms with Crippen LogP contribution in [-0.4, -0.2) is 72.5 Å². The second kappa shape index (κ2) is 11.7. The van der Waals surface area contributed by atoms with E-state index in [9.17, 15) is 9.59 Å². The molecule has 2 rings (SSSR count). The third-order valence-electron chi connectivity index (χ3n) is 5.67. The van der Waals surface area contributed by atoms with E-state index in [0.29, 0.717) is 62.3 Å². The molecule has 1 aromatic rings. The maximum atomic E-state index is 13.8. The van der Waals surface area contributed by atoms with Crippen molar-refractivity contribution in [2.45, 2.75) is 65.8 Å². The summed E-state index contributed by atoms with van der Waals surface area (Å²) in [5, 5.41) is 6.67. The van der Waals surface area contributed by atoms with E-state index in [1.165, 1.54) is 0 Å². The highest BCUT2D eigenvalue weighted by atomic mass is 16.5. The van der Waals surface area contributed by atoms with Gasteiger partial charge >= 0.3 is 0 Å². The van der Waals surface area contributed by atoms with Gasteiger partial charge in [0.15, 0.2) is 0 Å². The van der Waals surface area contributed by atoms with Crippen LogP contribution in [-0.2, 0) is 14.9 Å². The maximum Gasteiger partial charge on any atom is 0.259 e. The number of ether oxygens (including phenoxy) is 1. The van der Waals surface area contributed by atoms with Gasteiger partial charge in [-0.2, -0.15) is 0 Å². The average Bonchev–Trinajstić information content (AvgIpc) is 2.73. The molecule has 0 saturated carbocycles. The lowest BCUT2D eigenvalue weighted by molar-refractivity contribution is -0.121. The highest BCUT2D eigenvalue weighted by Gasteiger charge is 2.33. The van der Waals surface area contributed by atoms with Gasteiger partial charge in [0.05, 0.1) is 0 Å². The first-order valence-electron chi connectivity index (χ1n) is 11.7. The molecule has 1 aliphatic heterocycles. The lowest BCUT2D eigenvalue weighted by Crippen LogP contribution is -2.53. The molecule has 8 heteroatoms. The number of rotatable bonds is 10. The van der Waals surface area contributed by atoms with Crippen LogP contribution in [0.2, 0.25) is 0 Å². The lowest BCUT2D eigenvalue weighted by Gasteiger charge is -2.38. The van der Waals surface area contributed by atoms with Crippen LogP contribution in [0, 0.1) is 11.8 Å². The van der Waals surface area contributed by atoms with Crippen LogP contribution in [0.5, 0.6) is 0 Å². The molecule has 0 bridgehead atoms. The molecule has 2 atom stereocenters. The maximum absolute atomic E-state index is 13.8. The van der Waals surface area contributed by atoms with E-state index in [1.807, 2.05) is 4.90 Å². The second-order valence-corrected chi connectivity index (χ2v) is 10.2. The Hall–Kier alpha value is -2.06. The molecule has 1 aromatic heterocycles. The molecule has 1 amide bonds. The molecule has 0 aliphatic carbocycles. The number of anilines is 1. The molecule has 0 aromatic carbocycles. The largest absolute Gasteiger partial charge is 0.385 e. The summed E-state index contributed by atoms with van der Waals surface area (Å²) in [6.07, 6.45) is 3.14. The first kappa shape index (κ1) is 26.2. The van der Waals surface area contributed by atoms with Crippen molar-refractivity contribution in [2.75, 3.05) is 45.2 Å². The van der Waals surface area contributed by atoms with Gasteiger partial charge in [0.2, 0.25) is 0 Å². The van der Waals surface area contributed by atoms with Crippen LogP contribution in [0.25, 0.3) is 0 Å². The Balaban J connectivity index is 2.36. The van der Waals surface area contributed by atoms with E-state index in [0.717, 1.165) is 6.42 Å². The molecule has 2 N–H and O–H groups in total. The highest BCUT2D eigenvalue weighted by molar-refractivity contribution is 5.98. The first-order chi connectivity index (χ1) is 15.0. The molecule has 0 unspecified atom stereocenters. The van der Waals surface area contributed by atoms with Crippen LogP contribution in [0.15, 0.2) is 6.20 Å². The van der Waals surface area contributed by atoms with Gasteiger partial charge in [0.25, 0.3) is 5.91 Å². The van der Waals surface area contributed by atoms with Gasteiger partial charge in [-0.25, -0.2) is 9.97 Å². The number of hydrogen-bond acceptors (Lipinski definition) is 7. The number of nitrogens with one attached hydrogen (secondary N) is 2. The number of carbonyl (C=O) groups is 2. The van der Waals surface area contributed by atoms with Crippen LogP contribution in [0.4, 0.5) is 5.82 Å². The normalized spacial score (nSPS) is 19.1. The van der Waals surface area contributed by atoms with Crippen molar-refractivity contribution in [3.63, 3.8) is 0 Å². The predicted octanol–water partition coefficient (Wildman–Crippen LogP) is 2.89. The topological polar surface area (TPSA) is 96.4 Å². The van der Waals surface area contributed by atoms with Gasteiger partial charge in [0, 0.05) is 63.5 Å². The SMILES string of the molecule is COCCCNc1nc(C(C)(C)C)ncc1C(=O)N(CC(C)C)[C@@H]1CNC[C@H](C(C)=O)C1. The van der Waals surface area contributed by atoms with Gasteiger partial charge in [-0.15, -0.1) is 0 Å². The molecule has 1 fully saturated rings. The summed E-state index contributed by atoms with van der Waals surface area (Å²) in [7, 11) is 1.67. The van der Waals surface area contributed by atoms with Gasteiger partial charge in [-0.05, 0) is 25.7 Å². The summed E-state index contributed by atoms with van der Waals surface area (Å²) in [5.41, 5.74) is 0.241. The third kappa shape index (κ3) is 7.24. The molecule has 0 spiro atoms. The second-order valence-electron chi connectivity index (χ2n) is 10.2. The summed E-state index contributed by atoms with van der Waals surface area (Å²) in [5.74, 6) is 1.55. The molecule has 2 heterocycles. The van der Waals surface area contributed by atoms with Crippen LogP contribution in [0.1, 0.15) is 70.6 Å². The molecule has 1 saturated heterocycles. The summed E-state index contributed by atoms with van der Waals surface area (Å²) in [4.78, 5) is 37.0. The van der Waals surface area contributed by atoms with Crippen molar-refractivity contribution in [3.05, 3.63) is 17.6 Å². The number of Topliss-reactive ketones (excluding diaryl/α,β-unsaturated/α-hetero) is 1. The van der Waals surface area contributed by atoms with E-state index in [4.69, 9.17) is 9.72 Å². The van der Waals surface area contributed by atoms with Crippen molar-refractivity contribution < 1.29 is 14.3 Å². The molecular formula is C24H41N5O3. The molecule has 1 aliphatic rings. The number of hydrogen-bond donors (Lipinski definition) is 2. The lowest BCUT2D eigenvalue weighted by atomic mass is 9.91. The summed E-state index contributed by atoms with van der Waals surface area (Å²) in [6.45, 7) is 15.2. The minimum atomic E-state index is -0.232. The Labute approximate surface area is 192 Å². The van der Waals surface area contributed by atoms with Crippen molar-refractivity contribution in [3.8, 4) is 0 Å². The fourth-order valence-electron chi connectivity index (χ4n) is 3.87. The zero-order chi connectivity index (χ0) is 23.9. The number of piperidine rings is 1. The molecule has 8 nitrogen and oxygen atoms in total. The van der Waals surface area contributed by atoms with E-state index in [2.05, 4.69) is 50.2 Å². The smallest absolute Gasteiger partial charge is 0.259 e. The number of nitrogens with zero attached hydrogens (tertiary/aromatic N) is 3. The van der Waals surface area contributed by atoms with Gasteiger partial charge < -0.3 is 20.3 Å². The summed E-state index contributed by atoms with van der Waals surface area (Å²) >= 11 is 0. The molecular weight excluding hydrogens is 406 g/mol. The van der Waals surface area contributed by atoms with E-state index in [-0.39, 0.29) is 29.1 Å². The Kier molecular flexibility index (Phi) is 9.58. The van der Waals surface area contributed by atoms with E-state index in [1.54, 1.807) is 20.2 Å². The zero-order valence-electron chi connectivity index (χ0n) is 20.8. The number of ketones is 1. The molecule has 180 valence electrons. The average molecular weight is 448 g/mol. The molecule has 32 heavy (non-hydrogen) atoms. The fourth-order valence-corrected chi connectivity index (χ4v) is 3.87. The Morgan fingerprint density at radius 2 is 2.03 bits per heavy atom. The van der Waals surface area contributed by atoms with Gasteiger partial charge in [-0.3, -0.25) is 9.59 Å². The number of amides is 1. The van der Waals surface area contributed by atoms with Gasteiger partial charge in [0.1, 0.15) is 23.0 Å². The summed E-state index contributed by atoms with van der Waals surface area (Å²) < 4.78 is 5.14. The summed E-state index contributed by atoms with van der Waals surface area (Å²) in [6, 6.07) is -0.0452. The minimum absolute atomic E-state index is 0.0452. The Morgan fingerprint density at radius 1 is 1.31 bits per heavy atom. The van der Waals surface area contributed by atoms with Crippen LogP contribution in [0.3, 0.4) is 0 Å². The standard InChI is InChI=1S/C24H41N5O3/c1-16(2)15-29(19-11-18(17(3)30)12-25-13-19)22(31)20-14-27-23(24(4,5)6)28-21(20)26-9-8-10-32-7/h14,16,18-19,25H,8-13,15H2,1-7H3,(H,26,27,28)/t18-,19+/m1/s1. The van der Waals surface area contributed by atoms with Gasteiger partial charge in [-0.1, -0.05) is 34.6 Å². The third-order valence-corrected chi connectivity index (χ3v) is 5.67. The van der Waals surface area contributed by atoms with E-state index >= 15 is 0 Å². The predicted molar refractivity (Wildman–Crippen MR) is 127 cm³/mol. The minimum Gasteiger partial charge on any atom is -0.385 e. The van der Waals surface area contributed by atoms with Crippen molar-refractivity contribution in [2.24, 2.45) is 11.8 Å². The van der Waals surface area contributed by atoms with Crippen molar-refractivity contribution >= 4 is 17.5 Å². The van der Waals surface area contributed by atoms with Crippen LogP contribution >= 0.6 is 0 Å².